The third-order valence-electron chi connectivity index (χ3n) is 2.74. The van der Waals surface area contributed by atoms with E-state index in [9.17, 15) is 4.39 Å². The molecule has 0 aromatic carbocycles. The van der Waals surface area contributed by atoms with Gasteiger partial charge in [0, 0.05) is 24.5 Å². The van der Waals surface area contributed by atoms with Gasteiger partial charge in [0.25, 0.3) is 0 Å². The fraction of sp³-hybridized carbons (Fsp3) is 0.583. The summed E-state index contributed by atoms with van der Waals surface area (Å²) in [5, 5.41) is 4.10. The minimum atomic E-state index is -0.258. The van der Waals surface area contributed by atoms with E-state index >= 15 is 0 Å². The van der Waals surface area contributed by atoms with Gasteiger partial charge in [-0.15, -0.1) is 0 Å². The fourth-order valence-corrected chi connectivity index (χ4v) is 3.17. The van der Waals surface area contributed by atoms with E-state index in [1.807, 2.05) is 11.8 Å². The van der Waals surface area contributed by atoms with Crippen LogP contribution in [0, 0.1) is 5.82 Å². The lowest BCUT2D eigenvalue weighted by Crippen LogP contribution is -2.26. The smallest absolute Gasteiger partial charge is 0.141 e. The Morgan fingerprint density at radius 2 is 2.38 bits per heavy atom. The summed E-state index contributed by atoms with van der Waals surface area (Å²) in [6.07, 6.45) is 6.96. The molecular formula is C12H17FN2S. The lowest BCUT2D eigenvalue weighted by molar-refractivity contribution is 0.589. The molecule has 0 saturated carbocycles. The van der Waals surface area contributed by atoms with Crippen molar-refractivity contribution in [3.63, 3.8) is 0 Å². The van der Waals surface area contributed by atoms with Gasteiger partial charge in [-0.2, -0.15) is 11.8 Å². The summed E-state index contributed by atoms with van der Waals surface area (Å²) in [6.45, 7) is 1.73. The molecule has 1 aliphatic rings. The number of hydrogen-bond acceptors (Lipinski definition) is 3. The zero-order valence-corrected chi connectivity index (χ0v) is 10.1. The monoisotopic (exact) mass is 240 g/mol. The molecule has 1 atom stereocenters. The van der Waals surface area contributed by atoms with E-state index < -0.39 is 0 Å². The van der Waals surface area contributed by atoms with E-state index in [0.717, 1.165) is 17.4 Å². The SMILES string of the molecule is Fc1cncc(CNCC2CCCCS2)c1. The van der Waals surface area contributed by atoms with Crippen molar-refractivity contribution in [2.24, 2.45) is 0 Å². The van der Waals surface area contributed by atoms with Gasteiger partial charge in [0.2, 0.25) is 0 Å². The number of halogens is 1. The standard InChI is InChI=1S/C12H17FN2S/c13-11-5-10(6-14-8-11)7-15-9-12-3-1-2-4-16-12/h5-6,8,12,15H,1-4,7,9H2. The van der Waals surface area contributed by atoms with Crippen LogP contribution < -0.4 is 5.32 Å². The Hall–Kier alpha value is -0.610. The van der Waals surface area contributed by atoms with Crippen molar-refractivity contribution in [1.29, 1.82) is 0 Å². The Kier molecular flexibility index (Phi) is 4.60. The van der Waals surface area contributed by atoms with Crippen molar-refractivity contribution in [1.82, 2.24) is 10.3 Å². The molecule has 1 fully saturated rings. The Bertz CT molecular complexity index is 327. The summed E-state index contributed by atoms with van der Waals surface area (Å²) >= 11 is 2.05. The predicted molar refractivity (Wildman–Crippen MR) is 66.0 cm³/mol. The quantitative estimate of drug-likeness (QED) is 0.875. The second kappa shape index (κ2) is 6.21. The molecule has 1 N–H and O–H groups in total. The Balaban J connectivity index is 1.71. The first-order valence-corrected chi connectivity index (χ1v) is 6.81. The topological polar surface area (TPSA) is 24.9 Å². The van der Waals surface area contributed by atoms with E-state index in [0.29, 0.717) is 6.54 Å². The van der Waals surface area contributed by atoms with E-state index in [4.69, 9.17) is 0 Å². The molecule has 88 valence electrons. The van der Waals surface area contributed by atoms with Crippen molar-refractivity contribution in [2.45, 2.75) is 31.1 Å². The maximum Gasteiger partial charge on any atom is 0.141 e. The van der Waals surface area contributed by atoms with Crippen molar-refractivity contribution < 1.29 is 4.39 Å². The molecule has 1 aromatic rings. The molecule has 0 bridgehead atoms. The van der Waals surface area contributed by atoms with Gasteiger partial charge in [0.15, 0.2) is 0 Å². The normalized spacial score (nSPS) is 20.9. The number of thioether (sulfide) groups is 1. The molecule has 2 heterocycles. The molecule has 16 heavy (non-hydrogen) atoms. The van der Waals surface area contributed by atoms with Crippen LogP contribution in [0.1, 0.15) is 24.8 Å². The molecule has 2 nitrogen and oxygen atoms in total. The maximum absolute atomic E-state index is 12.9. The van der Waals surface area contributed by atoms with E-state index in [1.54, 1.807) is 6.20 Å². The fourth-order valence-electron chi connectivity index (χ4n) is 1.90. The molecular weight excluding hydrogens is 223 g/mol. The minimum Gasteiger partial charge on any atom is -0.312 e. The van der Waals surface area contributed by atoms with Gasteiger partial charge in [-0.25, -0.2) is 4.39 Å². The van der Waals surface area contributed by atoms with Crippen LogP contribution in [0.4, 0.5) is 4.39 Å². The molecule has 1 saturated heterocycles. The number of rotatable bonds is 4. The molecule has 0 radical (unpaired) electrons. The number of pyridine rings is 1. The van der Waals surface area contributed by atoms with Gasteiger partial charge in [0.1, 0.15) is 5.82 Å². The summed E-state index contributed by atoms with van der Waals surface area (Å²) < 4.78 is 12.9. The first-order valence-electron chi connectivity index (χ1n) is 5.76. The van der Waals surface area contributed by atoms with Gasteiger partial charge in [-0.1, -0.05) is 6.42 Å². The second-order valence-electron chi connectivity index (χ2n) is 4.13. The van der Waals surface area contributed by atoms with E-state index in [2.05, 4.69) is 10.3 Å². The van der Waals surface area contributed by atoms with Gasteiger partial charge < -0.3 is 5.32 Å². The summed E-state index contributed by atoms with van der Waals surface area (Å²) in [6, 6.07) is 1.54. The van der Waals surface area contributed by atoms with Crippen molar-refractivity contribution in [2.75, 3.05) is 12.3 Å². The Labute approximate surface area is 100 Å². The van der Waals surface area contributed by atoms with Crippen molar-refractivity contribution in [3.05, 3.63) is 29.8 Å². The molecule has 2 rings (SSSR count). The molecule has 0 spiro atoms. The Morgan fingerprint density at radius 3 is 3.12 bits per heavy atom. The van der Waals surface area contributed by atoms with Crippen LogP contribution in [-0.2, 0) is 6.54 Å². The van der Waals surface area contributed by atoms with Gasteiger partial charge >= 0.3 is 0 Å². The van der Waals surface area contributed by atoms with Crippen LogP contribution in [0.25, 0.3) is 0 Å². The van der Waals surface area contributed by atoms with Gasteiger partial charge in [-0.3, -0.25) is 4.98 Å². The van der Waals surface area contributed by atoms with Crippen LogP contribution in [0.15, 0.2) is 18.5 Å². The van der Waals surface area contributed by atoms with Crippen molar-refractivity contribution >= 4 is 11.8 Å². The summed E-state index contributed by atoms with van der Waals surface area (Å²) in [5.41, 5.74) is 0.917. The van der Waals surface area contributed by atoms with Crippen LogP contribution in [0.5, 0.6) is 0 Å². The summed E-state index contributed by atoms with van der Waals surface area (Å²) in [4.78, 5) is 3.83. The molecule has 1 unspecified atom stereocenters. The van der Waals surface area contributed by atoms with E-state index in [-0.39, 0.29) is 5.82 Å². The molecule has 4 heteroatoms. The number of nitrogens with zero attached hydrogens (tertiary/aromatic N) is 1. The number of nitrogens with one attached hydrogen (secondary N) is 1. The van der Waals surface area contributed by atoms with E-state index in [1.165, 1.54) is 37.3 Å². The number of hydrogen-bond donors (Lipinski definition) is 1. The minimum absolute atomic E-state index is 0.258. The molecule has 1 aliphatic heterocycles. The molecule has 0 amide bonds. The largest absolute Gasteiger partial charge is 0.312 e. The van der Waals surface area contributed by atoms with Crippen LogP contribution in [0.3, 0.4) is 0 Å². The third kappa shape index (κ3) is 3.76. The van der Waals surface area contributed by atoms with Gasteiger partial charge in [-0.05, 0) is 30.2 Å². The highest BCUT2D eigenvalue weighted by atomic mass is 32.2. The van der Waals surface area contributed by atoms with Gasteiger partial charge in [0.05, 0.1) is 6.20 Å². The lowest BCUT2D eigenvalue weighted by Gasteiger charge is -2.21. The highest BCUT2D eigenvalue weighted by Crippen LogP contribution is 2.24. The Morgan fingerprint density at radius 1 is 1.44 bits per heavy atom. The first kappa shape index (κ1) is 11.9. The molecule has 0 aliphatic carbocycles. The summed E-state index contributed by atoms with van der Waals surface area (Å²) in [5.74, 6) is 1.03. The zero-order chi connectivity index (χ0) is 11.2. The third-order valence-corrected chi connectivity index (χ3v) is 4.13. The highest BCUT2D eigenvalue weighted by Gasteiger charge is 2.12. The summed E-state index contributed by atoms with van der Waals surface area (Å²) in [7, 11) is 0. The second-order valence-corrected chi connectivity index (χ2v) is 5.54. The zero-order valence-electron chi connectivity index (χ0n) is 9.29. The molecule has 1 aromatic heterocycles. The predicted octanol–water partition coefficient (Wildman–Crippen LogP) is 2.60. The first-order chi connectivity index (χ1) is 7.84. The number of aromatic nitrogens is 1. The lowest BCUT2D eigenvalue weighted by atomic mass is 10.2. The average molecular weight is 240 g/mol. The van der Waals surface area contributed by atoms with Crippen LogP contribution >= 0.6 is 11.8 Å². The maximum atomic E-state index is 12.9. The van der Waals surface area contributed by atoms with Crippen molar-refractivity contribution in [3.8, 4) is 0 Å². The van der Waals surface area contributed by atoms with Crippen LogP contribution in [0.2, 0.25) is 0 Å². The average Bonchev–Trinajstić information content (AvgIpc) is 2.30. The van der Waals surface area contributed by atoms with Crippen LogP contribution in [-0.4, -0.2) is 22.5 Å². The highest BCUT2D eigenvalue weighted by molar-refractivity contribution is 7.99.